The molecule has 0 aliphatic heterocycles. The van der Waals surface area contributed by atoms with Gasteiger partial charge in [-0.3, -0.25) is 4.79 Å². The number of nitrogens with zero attached hydrogens (tertiary/aromatic N) is 1. The summed E-state index contributed by atoms with van der Waals surface area (Å²) in [6, 6.07) is 3.08. The molecule has 0 fully saturated rings. The fourth-order valence-corrected chi connectivity index (χ4v) is 2.32. The predicted molar refractivity (Wildman–Crippen MR) is 76.8 cm³/mol. The van der Waals surface area contributed by atoms with Crippen molar-refractivity contribution in [2.24, 2.45) is 0 Å². The molecule has 0 aliphatic carbocycles. The number of halogens is 4. The number of hydrogen-bond acceptors (Lipinski definition) is 1. The first-order valence-electron chi connectivity index (χ1n) is 6.13. The highest BCUT2D eigenvalue weighted by Crippen LogP contribution is 2.22. The van der Waals surface area contributed by atoms with Crippen molar-refractivity contribution in [1.29, 1.82) is 0 Å². The zero-order chi connectivity index (χ0) is 15.7. The Hall–Kier alpha value is -1.76. The number of hydrogen-bond donors (Lipinski definition) is 1. The summed E-state index contributed by atoms with van der Waals surface area (Å²) in [5.74, 6) is -4.82. The van der Waals surface area contributed by atoms with Gasteiger partial charge in [0.25, 0.3) is 5.91 Å². The summed E-state index contributed by atoms with van der Waals surface area (Å²) >= 11 is 3.27. The van der Waals surface area contributed by atoms with Gasteiger partial charge in [-0.2, -0.15) is 0 Å². The maximum atomic E-state index is 13.1. The van der Waals surface area contributed by atoms with Crippen LogP contribution in [0.4, 0.5) is 18.9 Å². The standard InChI is InChI=1S/C14H12BrF3N2O/c1-7(2)20-6-8(15)3-12(20)14(21)19-9-4-10(16)13(18)11(17)5-9/h3-7H,1-2H3,(H,19,21). The Balaban J connectivity index is 2.30. The van der Waals surface area contributed by atoms with E-state index < -0.39 is 23.4 Å². The molecular formula is C14H12BrF3N2O. The third kappa shape index (κ3) is 3.29. The molecule has 7 heteroatoms. The number of benzene rings is 1. The SMILES string of the molecule is CC(C)n1cc(Br)cc1C(=O)Nc1cc(F)c(F)c(F)c1. The van der Waals surface area contributed by atoms with E-state index in [1.165, 1.54) is 0 Å². The number of rotatable bonds is 3. The smallest absolute Gasteiger partial charge is 0.272 e. The van der Waals surface area contributed by atoms with Crippen LogP contribution in [-0.2, 0) is 0 Å². The van der Waals surface area contributed by atoms with Gasteiger partial charge in [0, 0.05) is 34.5 Å². The third-order valence-corrected chi connectivity index (χ3v) is 3.28. The second-order valence-corrected chi connectivity index (χ2v) is 5.67. The molecule has 1 N–H and O–H groups in total. The van der Waals surface area contributed by atoms with E-state index in [2.05, 4.69) is 21.2 Å². The minimum Gasteiger partial charge on any atom is -0.340 e. The van der Waals surface area contributed by atoms with Gasteiger partial charge in [0.2, 0.25) is 0 Å². The summed E-state index contributed by atoms with van der Waals surface area (Å²) in [4.78, 5) is 12.2. The van der Waals surface area contributed by atoms with Crippen LogP contribution in [0.5, 0.6) is 0 Å². The normalized spacial score (nSPS) is 11.0. The third-order valence-electron chi connectivity index (χ3n) is 2.85. The molecule has 0 aliphatic rings. The number of anilines is 1. The van der Waals surface area contributed by atoms with Crippen LogP contribution in [0.25, 0.3) is 0 Å². The van der Waals surface area contributed by atoms with Crippen molar-refractivity contribution in [3.05, 3.63) is 52.0 Å². The molecule has 3 nitrogen and oxygen atoms in total. The van der Waals surface area contributed by atoms with Gasteiger partial charge >= 0.3 is 0 Å². The van der Waals surface area contributed by atoms with E-state index >= 15 is 0 Å². The largest absolute Gasteiger partial charge is 0.340 e. The van der Waals surface area contributed by atoms with Gasteiger partial charge in [-0.25, -0.2) is 13.2 Å². The van der Waals surface area contributed by atoms with Crippen molar-refractivity contribution in [2.75, 3.05) is 5.32 Å². The maximum Gasteiger partial charge on any atom is 0.272 e. The minimum atomic E-state index is -1.57. The number of carbonyl (C=O) groups is 1. The molecule has 0 unspecified atom stereocenters. The molecule has 0 radical (unpaired) electrons. The van der Waals surface area contributed by atoms with Crippen molar-refractivity contribution < 1.29 is 18.0 Å². The molecule has 2 rings (SSSR count). The van der Waals surface area contributed by atoms with E-state index in [1.54, 1.807) is 16.8 Å². The van der Waals surface area contributed by atoms with Crippen molar-refractivity contribution in [2.45, 2.75) is 19.9 Å². The summed E-state index contributed by atoms with van der Waals surface area (Å²) in [7, 11) is 0. The second-order valence-electron chi connectivity index (χ2n) is 4.75. The Kier molecular flexibility index (Phi) is 4.41. The second kappa shape index (κ2) is 5.93. The molecule has 112 valence electrons. The molecule has 0 atom stereocenters. The Bertz CT molecular complexity index is 675. The van der Waals surface area contributed by atoms with Crippen molar-refractivity contribution >= 4 is 27.5 Å². The zero-order valence-corrected chi connectivity index (χ0v) is 12.8. The van der Waals surface area contributed by atoms with Gasteiger partial charge < -0.3 is 9.88 Å². The molecule has 0 bridgehead atoms. The lowest BCUT2D eigenvalue weighted by Gasteiger charge is -2.13. The van der Waals surface area contributed by atoms with Crippen LogP contribution in [-0.4, -0.2) is 10.5 Å². The predicted octanol–water partition coefficient (Wildman–Crippen LogP) is 4.50. The van der Waals surface area contributed by atoms with E-state index in [9.17, 15) is 18.0 Å². The van der Waals surface area contributed by atoms with Gasteiger partial charge in [-0.1, -0.05) is 0 Å². The van der Waals surface area contributed by atoms with Crippen molar-refractivity contribution in [1.82, 2.24) is 4.57 Å². The molecule has 1 aromatic carbocycles. The highest BCUT2D eigenvalue weighted by atomic mass is 79.9. The topological polar surface area (TPSA) is 34.0 Å². The first kappa shape index (κ1) is 15.6. The summed E-state index contributed by atoms with van der Waals surface area (Å²) < 4.78 is 41.5. The zero-order valence-electron chi connectivity index (χ0n) is 11.3. The monoisotopic (exact) mass is 360 g/mol. The molecule has 1 heterocycles. The highest BCUT2D eigenvalue weighted by Gasteiger charge is 2.17. The van der Waals surface area contributed by atoms with Crippen LogP contribution >= 0.6 is 15.9 Å². The molecule has 1 amide bonds. The fourth-order valence-electron chi connectivity index (χ4n) is 1.88. The van der Waals surface area contributed by atoms with Crippen molar-refractivity contribution in [3.8, 4) is 0 Å². The average Bonchev–Trinajstić information content (AvgIpc) is 2.78. The summed E-state index contributed by atoms with van der Waals surface area (Å²) in [6.07, 6.45) is 1.73. The van der Waals surface area contributed by atoms with Crippen LogP contribution in [0.1, 0.15) is 30.4 Å². The van der Waals surface area contributed by atoms with E-state index in [-0.39, 0.29) is 11.7 Å². The van der Waals surface area contributed by atoms with Crippen molar-refractivity contribution in [3.63, 3.8) is 0 Å². The molecular weight excluding hydrogens is 349 g/mol. The molecule has 0 spiro atoms. The molecule has 0 saturated heterocycles. The fraction of sp³-hybridized carbons (Fsp3) is 0.214. The molecule has 2 aromatic rings. The number of carbonyl (C=O) groups excluding carboxylic acids is 1. The van der Waals surface area contributed by atoms with E-state index in [1.807, 2.05) is 13.8 Å². The Morgan fingerprint density at radius 3 is 2.29 bits per heavy atom. The van der Waals surface area contributed by atoms with Gasteiger partial charge in [0.05, 0.1) is 0 Å². The lowest BCUT2D eigenvalue weighted by molar-refractivity contribution is 0.101. The Morgan fingerprint density at radius 2 is 1.76 bits per heavy atom. The lowest BCUT2D eigenvalue weighted by Crippen LogP contribution is -2.18. The van der Waals surface area contributed by atoms with Gasteiger partial charge in [-0.05, 0) is 35.8 Å². The quantitative estimate of drug-likeness (QED) is 0.803. The number of amides is 1. The summed E-state index contributed by atoms with van der Waals surface area (Å²) in [5, 5.41) is 2.35. The number of aromatic nitrogens is 1. The lowest BCUT2D eigenvalue weighted by atomic mass is 10.2. The van der Waals surface area contributed by atoms with E-state index in [0.717, 1.165) is 12.1 Å². The van der Waals surface area contributed by atoms with Gasteiger partial charge in [-0.15, -0.1) is 0 Å². The minimum absolute atomic E-state index is 0.0266. The van der Waals surface area contributed by atoms with Crippen LogP contribution < -0.4 is 5.32 Å². The summed E-state index contributed by atoms with van der Waals surface area (Å²) in [6.45, 7) is 3.78. The van der Waals surface area contributed by atoms with Crippen LogP contribution in [0.3, 0.4) is 0 Å². The van der Waals surface area contributed by atoms with Crippen LogP contribution in [0.15, 0.2) is 28.9 Å². The Morgan fingerprint density at radius 1 is 1.19 bits per heavy atom. The van der Waals surface area contributed by atoms with Crippen LogP contribution in [0, 0.1) is 17.5 Å². The first-order chi connectivity index (χ1) is 9.79. The average molecular weight is 361 g/mol. The molecule has 21 heavy (non-hydrogen) atoms. The molecule has 1 aromatic heterocycles. The summed E-state index contributed by atoms with van der Waals surface area (Å²) in [5.41, 5.74) is 0.172. The van der Waals surface area contributed by atoms with E-state index in [4.69, 9.17) is 0 Å². The number of nitrogens with one attached hydrogen (secondary N) is 1. The van der Waals surface area contributed by atoms with Gasteiger partial charge in [0.1, 0.15) is 5.69 Å². The molecule has 0 saturated carbocycles. The van der Waals surface area contributed by atoms with Gasteiger partial charge in [0.15, 0.2) is 17.5 Å². The Labute approximate surface area is 127 Å². The first-order valence-corrected chi connectivity index (χ1v) is 6.92. The van der Waals surface area contributed by atoms with E-state index in [0.29, 0.717) is 10.2 Å². The highest BCUT2D eigenvalue weighted by molar-refractivity contribution is 9.10. The maximum absolute atomic E-state index is 13.1. The van der Waals surface area contributed by atoms with Crippen LogP contribution in [0.2, 0.25) is 0 Å².